The molecule has 1 aromatic rings. The summed E-state index contributed by atoms with van der Waals surface area (Å²) in [5, 5.41) is 0. The van der Waals surface area contributed by atoms with Crippen molar-refractivity contribution in [2.75, 3.05) is 0 Å². The Balaban J connectivity index is 1.85. The van der Waals surface area contributed by atoms with E-state index in [1.54, 1.807) is 5.56 Å². The third-order valence-corrected chi connectivity index (χ3v) is 4.82. The van der Waals surface area contributed by atoms with E-state index in [-0.39, 0.29) is 0 Å². The van der Waals surface area contributed by atoms with Gasteiger partial charge in [0.1, 0.15) is 0 Å². The minimum absolute atomic E-state index is 0.866. The normalized spacial score (nSPS) is 38.3. The van der Waals surface area contributed by atoms with Crippen LogP contribution in [0.2, 0.25) is 0 Å². The quantitative estimate of drug-likeness (QED) is 0.640. The molecule has 0 aromatic heterocycles. The molecule has 0 saturated heterocycles. The molecular weight excluding hydrogens is 192 g/mol. The van der Waals surface area contributed by atoms with Gasteiger partial charge in [0.2, 0.25) is 0 Å². The van der Waals surface area contributed by atoms with E-state index in [0.29, 0.717) is 0 Å². The summed E-state index contributed by atoms with van der Waals surface area (Å²) in [5.41, 5.74) is 1.60. The van der Waals surface area contributed by atoms with Crippen molar-refractivity contribution < 1.29 is 0 Å². The second-order valence-corrected chi connectivity index (χ2v) is 5.95. The summed E-state index contributed by atoms with van der Waals surface area (Å²) in [6.45, 7) is 2.44. The molecule has 2 aliphatic carbocycles. The van der Waals surface area contributed by atoms with Gasteiger partial charge in [-0.15, -0.1) is 0 Å². The molecule has 2 saturated carbocycles. The van der Waals surface area contributed by atoms with Crippen LogP contribution in [0.15, 0.2) is 30.3 Å². The van der Waals surface area contributed by atoms with Crippen LogP contribution < -0.4 is 0 Å². The summed E-state index contributed by atoms with van der Waals surface area (Å²) >= 11 is 0. The van der Waals surface area contributed by atoms with Crippen molar-refractivity contribution >= 4 is 0 Å². The zero-order valence-corrected chi connectivity index (χ0v) is 10.2. The molecule has 2 aliphatic rings. The van der Waals surface area contributed by atoms with Gasteiger partial charge in [0, 0.05) is 0 Å². The van der Waals surface area contributed by atoms with Crippen molar-refractivity contribution in [1.82, 2.24) is 0 Å². The predicted octanol–water partition coefficient (Wildman–Crippen LogP) is 4.62. The Morgan fingerprint density at radius 3 is 2.62 bits per heavy atom. The van der Waals surface area contributed by atoms with Crippen molar-refractivity contribution in [2.45, 2.75) is 44.9 Å². The highest BCUT2D eigenvalue weighted by Gasteiger charge is 2.39. The van der Waals surface area contributed by atoms with Crippen LogP contribution in [-0.2, 0) is 0 Å². The number of fused-ring (bicyclic) bond motifs is 1. The van der Waals surface area contributed by atoms with Crippen molar-refractivity contribution in [2.24, 2.45) is 17.8 Å². The number of hydrogen-bond donors (Lipinski definition) is 0. The van der Waals surface area contributed by atoms with Crippen LogP contribution in [0.4, 0.5) is 0 Å². The summed E-state index contributed by atoms with van der Waals surface area (Å²) in [4.78, 5) is 0. The summed E-state index contributed by atoms with van der Waals surface area (Å²) in [5.74, 6) is 3.87. The molecule has 3 rings (SSSR count). The van der Waals surface area contributed by atoms with Gasteiger partial charge in [0.05, 0.1) is 0 Å². The fourth-order valence-corrected chi connectivity index (χ4v) is 4.20. The van der Waals surface area contributed by atoms with Crippen LogP contribution >= 0.6 is 0 Å². The predicted molar refractivity (Wildman–Crippen MR) is 68.4 cm³/mol. The lowest BCUT2D eigenvalue weighted by Gasteiger charge is -2.34. The number of benzene rings is 1. The molecule has 4 atom stereocenters. The molecule has 0 heterocycles. The molecule has 16 heavy (non-hydrogen) atoms. The summed E-state index contributed by atoms with van der Waals surface area (Å²) in [6, 6.07) is 11.2. The van der Waals surface area contributed by atoms with Crippen LogP contribution in [0.25, 0.3) is 0 Å². The lowest BCUT2D eigenvalue weighted by Crippen LogP contribution is -2.22. The number of hydrogen-bond acceptors (Lipinski definition) is 0. The van der Waals surface area contributed by atoms with Crippen LogP contribution in [0.5, 0.6) is 0 Å². The van der Waals surface area contributed by atoms with Crippen molar-refractivity contribution in [1.29, 1.82) is 0 Å². The highest BCUT2D eigenvalue weighted by Crippen LogP contribution is 2.51. The van der Waals surface area contributed by atoms with E-state index in [2.05, 4.69) is 37.3 Å². The van der Waals surface area contributed by atoms with E-state index < -0.39 is 0 Å². The molecule has 86 valence electrons. The molecule has 0 heteroatoms. The maximum absolute atomic E-state index is 2.44. The lowest BCUT2D eigenvalue weighted by molar-refractivity contribution is 0.238. The highest BCUT2D eigenvalue weighted by molar-refractivity contribution is 5.21. The van der Waals surface area contributed by atoms with Gasteiger partial charge in [-0.2, -0.15) is 0 Å². The third-order valence-electron chi connectivity index (χ3n) is 4.82. The van der Waals surface area contributed by atoms with E-state index >= 15 is 0 Å². The monoisotopic (exact) mass is 214 g/mol. The molecule has 0 radical (unpaired) electrons. The van der Waals surface area contributed by atoms with Crippen LogP contribution in [0.1, 0.15) is 50.5 Å². The first kappa shape index (κ1) is 10.4. The third kappa shape index (κ3) is 1.79. The smallest absolute Gasteiger partial charge is 0.0131 e. The first-order valence-electron chi connectivity index (χ1n) is 6.89. The summed E-state index contributed by atoms with van der Waals surface area (Å²) in [7, 11) is 0. The van der Waals surface area contributed by atoms with Gasteiger partial charge in [-0.25, -0.2) is 0 Å². The Hall–Kier alpha value is -0.780. The van der Waals surface area contributed by atoms with Gasteiger partial charge in [-0.3, -0.25) is 0 Å². The molecule has 0 amide bonds. The standard InChI is InChI=1S/C16H22/c1-12-10-14-8-5-9-15(16(14)11-12)13-6-3-2-4-7-13/h2-4,6-7,12,14-16H,5,8-11H2,1H3. The van der Waals surface area contributed by atoms with E-state index in [1.165, 1.54) is 32.1 Å². The molecule has 0 aliphatic heterocycles. The minimum Gasteiger partial charge on any atom is -0.0625 e. The average Bonchev–Trinajstić information content (AvgIpc) is 2.70. The summed E-state index contributed by atoms with van der Waals surface area (Å²) in [6.07, 6.45) is 7.35. The molecule has 0 nitrogen and oxygen atoms in total. The Morgan fingerprint density at radius 1 is 1.00 bits per heavy atom. The first-order valence-corrected chi connectivity index (χ1v) is 6.89. The topological polar surface area (TPSA) is 0 Å². The van der Waals surface area contributed by atoms with Crippen LogP contribution in [0.3, 0.4) is 0 Å². The SMILES string of the molecule is CC1CC2CCCC(c3ccccc3)C2C1. The van der Waals surface area contributed by atoms with Crippen molar-refractivity contribution in [3.05, 3.63) is 35.9 Å². The zero-order chi connectivity index (χ0) is 11.0. The second-order valence-electron chi connectivity index (χ2n) is 5.95. The Labute approximate surface area is 99.1 Å². The Kier molecular flexibility index (Phi) is 2.75. The van der Waals surface area contributed by atoms with E-state index in [0.717, 1.165) is 23.7 Å². The second kappa shape index (κ2) is 4.24. The van der Waals surface area contributed by atoms with Crippen LogP contribution in [0, 0.1) is 17.8 Å². The first-order chi connectivity index (χ1) is 7.84. The van der Waals surface area contributed by atoms with Gasteiger partial charge < -0.3 is 0 Å². The van der Waals surface area contributed by atoms with Crippen LogP contribution in [-0.4, -0.2) is 0 Å². The molecule has 4 unspecified atom stereocenters. The van der Waals surface area contributed by atoms with Gasteiger partial charge in [0.25, 0.3) is 0 Å². The Bertz CT molecular complexity index is 340. The molecule has 1 aromatic carbocycles. The fourth-order valence-electron chi connectivity index (χ4n) is 4.20. The maximum atomic E-state index is 2.44. The average molecular weight is 214 g/mol. The van der Waals surface area contributed by atoms with Crippen molar-refractivity contribution in [3.63, 3.8) is 0 Å². The molecule has 0 bridgehead atoms. The zero-order valence-electron chi connectivity index (χ0n) is 10.2. The Morgan fingerprint density at radius 2 is 1.81 bits per heavy atom. The largest absolute Gasteiger partial charge is 0.0625 e. The van der Waals surface area contributed by atoms with Gasteiger partial charge in [-0.1, -0.05) is 50.1 Å². The van der Waals surface area contributed by atoms with E-state index in [1.807, 2.05) is 0 Å². The van der Waals surface area contributed by atoms with Gasteiger partial charge in [-0.05, 0) is 48.5 Å². The summed E-state index contributed by atoms with van der Waals surface area (Å²) < 4.78 is 0. The van der Waals surface area contributed by atoms with Gasteiger partial charge >= 0.3 is 0 Å². The van der Waals surface area contributed by atoms with E-state index in [4.69, 9.17) is 0 Å². The maximum Gasteiger partial charge on any atom is -0.0131 e. The highest BCUT2D eigenvalue weighted by atomic mass is 14.4. The number of rotatable bonds is 1. The van der Waals surface area contributed by atoms with Crippen molar-refractivity contribution in [3.8, 4) is 0 Å². The molecule has 0 N–H and O–H groups in total. The fraction of sp³-hybridized carbons (Fsp3) is 0.625. The van der Waals surface area contributed by atoms with Gasteiger partial charge in [0.15, 0.2) is 0 Å². The lowest BCUT2D eigenvalue weighted by atomic mass is 9.71. The minimum atomic E-state index is 0.866. The molecule has 0 spiro atoms. The molecule has 2 fully saturated rings. The molecular formula is C16H22. The van der Waals surface area contributed by atoms with E-state index in [9.17, 15) is 0 Å².